The maximum Gasteiger partial charge on any atom is 0.243 e. The number of aliphatic hydroxyl groups is 2. The second kappa shape index (κ2) is 12.0. The molecule has 0 aliphatic carbocycles. The molecule has 0 spiro atoms. The number of nitrogens with zero attached hydrogens (tertiary/aromatic N) is 1. The van der Waals surface area contributed by atoms with Crippen LogP contribution in [-0.4, -0.2) is 62.6 Å². The van der Waals surface area contributed by atoms with Gasteiger partial charge < -0.3 is 20.3 Å². The van der Waals surface area contributed by atoms with Gasteiger partial charge in [0.05, 0.1) is 11.8 Å². The molecule has 1 saturated heterocycles. The highest BCUT2D eigenvalue weighted by Gasteiger charge is 2.44. The zero-order valence-electron chi connectivity index (χ0n) is 18.3. The summed E-state index contributed by atoms with van der Waals surface area (Å²) in [5, 5.41) is 31.1. The maximum absolute atomic E-state index is 15.0. The van der Waals surface area contributed by atoms with Crippen LogP contribution in [-0.2, 0) is 19.1 Å². The number of carbonyl (C=O) groups is 3. The average molecular weight is 457 g/mol. The van der Waals surface area contributed by atoms with Crippen LogP contribution in [0.1, 0.15) is 65.2 Å². The standard InChI is InChI=1S/C21H32FN3O7/c1-12-9-10-17(28)25(21-20(30)19(29)13(2)32-21)11-14(22)18(12)23-15(26)7-5-3-4-6-8-16(27)24-31/h11,13,19-21,29-31H,3-10H2,1-2H3,(H,23,26)(H,24,27). The number of amides is 3. The van der Waals surface area contributed by atoms with Crippen molar-refractivity contribution < 1.29 is 38.9 Å². The van der Waals surface area contributed by atoms with Crippen molar-refractivity contribution in [3.8, 4) is 0 Å². The fourth-order valence-electron chi connectivity index (χ4n) is 3.63. The van der Waals surface area contributed by atoms with E-state index in [9.17, 15) is 24.6 Å². The summed E-state index contributed by atoms with van der Waals surface area (Å²) in [7, 11) is 0. The van der Waals surface area contributed by atoms with Crippen LogP contribution in [0.4, 0.5) is 4.39 Å². The summed E-state index contributed by atoms with van der Waals surface area (Å²) < 4.78 is 20.5. The minimum Gasteiger partial charge on any atom is -0.388 e. The van der Waals surface area contributed by atoms with E-state index in [0.717, 1.165) is 11.1 Å². The molecular weight excluding hydrogens is 425 g/mol. The van der Waals surface area contributed by atoms with Crippen molar-refractivity contribution >= 4 is 17.7 Å². The number of hydrogen-bond acceptors (Lipinski definition) is 7. The van der Waals surface area contributed by atoms with Crippen molar-refractivity contribution in [3.05, 3.63) is 23.3 Å². The molecule has 0 aromatic rings. The predicted octanol–water partition coefficient (Wildman–Crippen LogP) is 1.12. The smallest absolute Gasteiger partial charge is 0.243 e. The Bertz CT molecular complexity index is 770. The van der Waals surface area contributed by atoms with E-state index in [1.54, 1.807) is 19.3 Å². The maximum atomic E-state index is 15.0. The minimum absolute atomic E-state index is 0.0202. The normalized spacial score (nSPS) is 26.5. The number of hydrogen-bond donors (Lipinski definition) is 5. The molecule has 2 aliphatic rings. The number of ether oxygens (including phenoxy) is 1. The second-order valence-electron chi connectivity index (χ2n) is 8.14. The third-order valence-corrected chi connectivity index (χ3v) is 5.62. The van der Waals surface area contributed by atoms with Gasteiger partial charge in [0.25, 0.3) is 0 Å². The van der Waals surface area contributed by atoms with Gasteiger partial charge in [-0.2, -0.15) is 0 Å². The fourth-order valence-corrected chi connectivity index (χ4v) is 3.63. The molecule has 0 aromatic heterocycles. The zero-order chi connectivity index (χ0) is 23.8. The quantitative estimate of drug-likeness (QED) is 0.198. The Morgan fingerprint density at radius 3 is 2.31 bits per heavy atom. The molecule has 3 amide bonds. The van der Waals surface area contributed by atoms with Crippen LogP contribution >= 0.6 is 0 Å². The fraction of sp³-hybridized carbons (Fsp3) is 0.667. The topological polar surface area (TPSA) is 148 Å². The van der Waals surface area contributed by atoms with Crippen LogP contribution < -0.4 is 10.8 Å². The molecule has 4 atom stereocenters. The number of halogens is 1. The number of aliphatic hydroxyl groups excluding tert-OH is 2. The Morgan fingerprint density at radius 1 is 1.12 bits per heavy atom. The van der Waals surface area contributed by atoms with Gasteiger partial charge in [-0.05, 0) is 38.7 Å². The van der Waals surface area contributed by atoms with Crippen LogP contribution in [0.25, 0.3) is 0 Å². The van der Waals surface area contributed by atoms with Gasteiger partial charge in [0.1, 0.15) is 12.2 Å². The summed E-state index contributed by atoms with van der Waals surface area (Å²) >= 11 is 0. The van der Waals surface area contributed by atoms with Crippen molar-refractivity contribution in [2.45, 2.75) is 89.8 Å². The number of allylic oxidation sites excluding steroid dienone is 2. The van der Waals surface area contributed by atoms with E-state index in [-0.39, 0.29) is 37.3 Å². The van der Waals surface area contributed by atoms with Crippen molar-refractivity contribution in [1.82, 2.24) is 15.7 Å². The molecule has 2 rings (SSSR count). The molecule has 4 unspecified atom stereocenters. The van der Waals surface area contributed by atoms with E-state index >= 15 is 4.39 Å². The first-order chi connectivity index (χ1) is 15.1. The summed E-state index contributed by atoms with van der Waals surface area (Å²) in [6.07, 6.45) is -0.506. The van der Waals surface area contributed by atoms with E-state index in [1.165, 1.54) is 0 Å². The van der Waals surface area contributed by atoms with E-state index in [0.29, 0.717) is 31.3 Å². The summed E-state index contributed by atoms with van der Waals surface area (Å²) in [6.45, 7) is 3.17. The number of carbonyl (C=O) groups excluding carboxylic acids is 3. The Hall–Kier alpha value is -2.34. The first-order valence-electron chi connectivity index (χ1n) is 10.8. The van der Waals surface area contributed by atoms with Gasteiger partial charge in [-0.1, -0.05) is 12.8 Å². The third-order valence-electron chi connectivity index (χ3n) is 5.62. The van der Waals surface area contributed by atoms with Gasteiger partial charge in [-0.15, -0.1) is 0 Å². The number of rotatable bonds is 9. The molecule has 2 heterocycles. The Kier molecular flexibility index (Phi) is 9.76. The van der Waals surface area contributed by atoms with Gasteiger partial charge in [-0.3, -0.25) is 24.5 Å². The lowest BCUT2D eigenvalue weighted by molar-refractivity contribution is -0.144. The van der Waals surface area contributed by atoms with Crippen LogP contribution in [0.3, 0.4) is 0 Å². The van der Waals surface area contributed by atoms with Crippen LogP contribution in [0, 0.1) is 0 Å². The highest BCUT2D eigenvalue weighted by molar-refractivity contribution is 5.80. The Balaban J connectivity index is 1.96. The van der Waals surface area contributed by atoms with Gasteiger partial charge in [0.15, 0.2) is 12.1 Å². The molecule has 32 heavy (non-hydrogen) atoms. The Labute approximate surface area is 186 Å². The number of nitrogens with one attached hydrogen (secondary N) is 2. The monoisotopic (exact) mass is 457 g/mol. The highest BCUT2D eigenvalue weighted by atomic mass is 19.1. The lowest BCUT2D eigenvalue weighted by Gasteiger charge is -2.29. The molecule has 5 N–H and O–H groups in total. The molecule has 10 nitrogen and oxygen atoms in total. The Morgan fingerprint density at radius 2 is 1.75 bits per heavy atom. The number of unbranched alkanes of at least 4 members (excludes halogenated alkanes) is 3. The van der Waals surface area contributed by atoms with Gasteiger partial charge in [0, 0.05) is 25.5 Å². The average Bonchev–Trinajstić information content (AvgIpc) is 3.02. The lowest BCUT2D eigenvalue weighted by atomic mass is 10.0. The predicted molar refractivity (Wildman–Crippen MR) is 110 cm³/mol. The van der Waals surface area contributed by atoms with Crippen LogP contribution in [0.15, 0.2) is 23.3 Å². The van der Waals surface area contributed by atoms with E-state index in [2.05, 4.69) is 5.32 Å². The summed E-state index contributed by atoms with van der Waals surface area (Å²) in [5.74, 6) is -2.15. The summed E-state index contributed by atoms with van der Waals surface area (Å²) in [5.41, 5.74) is 2.05. The highest BCUT2D eigenvalue weighted by Crippen LogP contribution is 2.29. The first-order valence-corrected chi connectivity index (χ1v) is 10.8. The summed E-state index contributed by atoms with van der Waals surface area (Å²) in [6, 6.07) is 0. The molecule has 2 aliphatic heterocycles. The molecule has 1 fully saturated rings. The second-order valence-corrected chi connectivity index (χ2v) is 8.14. The number of hydroxylamine groups is 1. The van der Waals surface area contributed by atoms with Crippen molar-refractivity contribution in [2.75, 3.05) is 0 Å². The van der Waals surface area contributed by atoms with Gasteiger partial charge in [-0.25, -0.2) is 9.87 Å². The largest absolute Gasteiger partial charge is 0.388 e. The van der Waals surface area contributed by atoms with Crippen LogP contribution in [0.5, 0.6) is 0 Å². The van der Waals surface area contributed by atoms with Crippen LogP contribution in [0.2, 0.25) is 0 Å². The van der Waals surface area contributed by atoms with Crippen molar-refractivity contribution in [1.29, 1.82) is 0 Å². The van der Waals surface area contributed by atoms with E-state index in [4.69, 9.17) is 9.94 Å². The van der Waals surface area contributed by atoms with Gasteiger partial charge in [0.2, 0.25) is 17.7 Å². The molecule has 0 saturated carbocycles. The lowest BCUT2D eigenvalue weighted by Crippen LogP contribution is -2.45. The van der Waals surface area contributed by atoms with Crippen molar-refractivity contribution in [2.24, 2.45) is 0 Å². The van der Waals surface area contributed by atoms with E-state index < -0.39 is 42.2 Å². The molecule has 0 bridgehead atoms. The van der Waals surface area contributed by atoms with Gasteiger partial charge >= 0.3 is 0 Å². The van der Waals surface area contributed by atoms with E-state index in [1.807, 2.05) is 0 Å². The minimum atomic E-state index is -1.39. The SMILES string of the molecule is CC1=C(NC(=O)CCCCCCC(=O)NO)C(F)=CN(C2OC(C)C(O)C2O)C(=O)CC1. The zero-order valence-corrected chi connectivity index (χ0v) is 18.3. The molecule has 180 valence electrons. The molecular formula is C21H32FN3O7. The third kappa shape index (κ3) is 6.83. The molecule has 0 radical (unpaired) electrons. The summed E-state index contributed by atoms with van der Waals surface area (Å²) in [4.78, 5) is 36.7. The first kappa shape index (κ1) is 25.9. The van der Waals surface area contributed by atoms with Crippen molar-refractivity contribution in [3.63, 3.8) is 0 Å². The molecule has 11 heteroatoms. The molecule has 0 aromatic carbocycles.